The molecule has 0 bridgehead atoms. The Morgan fingerprint density at radius 3 is 1.31 bits per heavy atom. The van der Waals surface area contributed by atoms with Crippen molar-refractivity contribution in [1.29, 1.82) is 1.34 Å². The molecule has 2 radical (unpaired) electrons. The minimum Gasteiger partial charge on any atom is -0.497 e. The first-order valence-electron chi connectivity index (χ1n) is 40.3. The number of hydrogen-bond donors (Lipinski definition) is 7. The topological polar surface area (TPSA) is 417 Å². The van der Waals surface area contributed by atoms with Gasteiger partial charge < -0.3 is 74.1 Å². The van der Waals surface area contributed by atoms with Crippen LogP contribution in [-0.2, 0) is 67.8 Å². The molecule has 4 aliphatic carbocycles. The van der Waals surface area contributed by atoms with Gasteiger partial charge in [0.2, 0.25) is 43.7 Å². The van der Waals surface area contributed by atoms with Crippen LogP contribution in [0.1, 0.15) is 133 Å². The number of hydrogen-bond acceptors (Lipinski definition) is 22. The molecule has 6 aliphatic rings. The Balaban J connectivity index is 0.000000265. The number of carbonyl (C=O) groups excluding carboxylic acids is 7. The van der Waals surface area contributed by atoms with Gasteiger partial charge in [0.15, 0.2) is 0 Å². The Labute approximate surface area is 734 Å². The molecule has 4 saturated carbocycles. The second kappa shape index (κ2) is 39.4. The van der Waals surface area contributed by atoms with E-state index < -0.39 is 154 Å². The first kappa shape index (κ1) is 95.5. The molecule has 652 valence electrons. The quantitative estimate of drug-likeness (QED) is 0.0157. The van der Waals surface area contributed by atoms with Gasteiger partial charge in [-0.25, -0.2) is 46.3 Å². The molecule has 7 amide bonds. The molecule has 8 N–H and O–H groups in total. The van der Waals surface area contributed by atoms with Crippen molar-refractivity contribution in [3.63, 3.8) is 0 Å². The van der Waals surface area contributed by atoms with E-state index >= 15 is 0 Å². The fourth-order valence-corrected chi connectivity index (χ4v) is 17.5. The molecule has 6 fully saturated rings. The predicted molar refractivity (Wildman–Crippen MR) is 453 cm³/mol. The van der Waals surface area contributed by atoms with Crippen molar-refractivity contribution in [2.24, 2.45) is 28.8 Å². The molecule has 4 heterocycles. The summed E-state index contributed by atoms with van der Waals surface area (Å²) in [5.74, 6) is -4.06. The maximum atomic E-state index is 14.6. The smallest absolute Gasteiger partial charge is 0.408 e. The van der Waals surface area contributed by atoms with Crippen LogP contribution in [0.25, 0.3) is 44.3 Å². The van der Waals surface area contributed by atoms with Gasteiger partial charge in [0.25, 0.3) is 5.91 Å². The molecular formula is C86H113BN10O21S2U. The number of pyridine rings is 2. The maximum Gasteiger partial charge on any atom is 0.408 e. The number of fused-ring (bicyclic) bond motifs is 2. The fraction of sp³-hybridized carbons (Fsp3) is 0.512. The van der Waals surface area contributed by atoms with E-state index in [9.17, 15) is 60.3 Å². The Morgan fingerprint density at radius 1 is 0.595 bits per heavy atom. The first-order valence-corrected chi connectivity index (χ1v) is 42.8. The Bertz CT molecular complexity index is 5040. The van der Waals surface area contributed by atoms with E-state index in [2.05, 4.69) is 47.5 Å². The second-order valence-electron chi connectivity index (χ2n) is 33.9. The minimum atomic E-state index is -4.12. The van der Waals surface area contributed by atoms with Crippen molar-refractivity contribution in [2.45, 2.75) is 202 Å². The standard InChI is InChI=1S/C43H55N5O10S.C37H44N4O8.C6H13NO3S.BH.U/c1-9-28-24-43(28,39(51)47-59(53,54)42(17-18-42)19-20-55-7)46-37(49)34-22-30(25-48(34)38(50)36(26(2)3)45-40(52)58-41(4,5)6)57-35-23-32(27-13-11-10-12-14-27)44-33-21-29(56-8)15-16-31(33)35;1-8-23-19-37(23,34(44)45)40-32(42)29-17-25(20-41(29)33(43)31(21(2)3)39-35(46)49-36(4,5)6)48-30-18-27(22-12-10-9-11-13-22)38-28-16-24(47-7)14-15-26(28)30;1-10-5-4-6(2-3-6)11(7,8)9;;/h9-16,21,23,26,28,30,34,36H,1,17-20,22,24-25H2,2-8H3,(H,45,52)(H,46,49)(H,47,51);8-16,18,21,23,25,29,31H,1,17,19-20H2,2-7H3,(H,39,46)(H,40,42)(H,44,45);2-5H2,1H3,(H2,7,8,9);1H;/t28-,30-,34+,36+,43-;23-,25-,29+,31+,37-;;;/m11.../s1/i;;;1D;. The molecule has 4 aromatic carbocycles. The van der Waals surface area contributed by atoms with Gasteiger partial charge in [0, 0.05) is 138 Å². The molecule has 2 aliphatic heterocycles. The zero-order valence-electron chi connectivity index (χ0n) is 72.0. The van der Waals surface area contributed by atoms with Crippen LogP contribution in [0.3, 0.4) is 0 Å². The number of carbonyl (C=O) groups is 8. The molecule has 35 heteroatoms. The number of nitrogens with zero attached hydrogens (tertiary/aromatic N) is 4. The number of nitrogens with two attached hydrogens (primary N) is 1. The van der Waals surface area contributed by atoms with Crippen molar-refractivity contribution in [2.75, 3.05) is 54.7 Å². The summed E-state index contributed by atoms with van der Waals surface area (Å²) in [5.41, 5.74) is -0.518. The molecular weight excluding hydrogens is 1820 g/mol. The number of rotatable bonds is 31. The third kappa shape index (κ3) is 23.1. The van der Waals surface area contributed by atoms with Crippen molar-refractivity contribution in [1.82, 2.24) is 45.8 Å². The third-order valence-electron chi connectivity index (χ3n) is 22.2. The molecule has 0 spiro atoms. The van der Waals surface area contributed by atoms with Crippen LogP contribution in [0.15, 0.2) is 135 Å². The molecule has 31 nitrogen and oxygen atoms in total. The average molecular weight is 1940 g/mol. The predicted octanol–water partition coefficient (Wildman–Crippen LogP) is 9.03. The summed E-state index contributed by atoms with van der Waals surface area (Å²) in [6, 6.07) is 29.3. The molecule has 12 rings (SSSR count). The summed E-state index contributed by atoms with van der Waals surface area (Å²) in [7, 11) is 2.46. The number of carboxylic acids is 1. The molecule has 2 saturated heterocycles. The van der Waals surface area contributed by atoms with Gasteiger partial charge in [-0.1, -0.05) is 101 Å². The third-order valence-corrected chi connectivity index (χ3v) is 26.2. The first-order chi connectivity index (χ1) is 57.0. The fourth-order valence-electron chi connectivity index (χ4n) is 14.8. The summed E-state index contributed by atoms with van der Waals surface area (Å²) < 4.78 is 99.7. The van der Waals surface area contributed by atoms with Gasteiger partial charge in [0.1, 0.15) is 81.7 Å². The molecule has 10 atom stereocenters. The van der Waals surface area contributed by atoms with Crippen LogP contribution in [0.4, 0.5) is 9.59 Å². The van der Waals surface area contributed by atoms with Crippen LogP contribution >= 0.6 is 0 Å². The zero-order valence-corrected chi connectivity index (χ0v) is 76.8. The SMILES string of the molecule is C=C[C@@H]1C[C@]1(NC(=O)[C@@H]1C[C@@H](Oc2cc(-c3ccccc3)nc3cc(OC)ccc23)CN1C(=O)[C@@H](NC(=O)OC(C)(C)C)C(C)C)C(=O)NS(=O)(=O)C1(CCOC)CC1.C=C[C@@H]1C[C@]1(NC(=O)[C@@H]1C[C@@H](Oc2cc(-c3ccccc3)nc3cc(OC)ccc23)CN1C(=O)[C@@H](NC(=O)OC(C)(C)C)C(C)C)C(=O)O.COCCC1(S(N)(=O)=O)CC1.[2H][B].[U]. The van der Waals surface area contributed by atoms with Crippen molar-refractivity contribution < 1.29 is 129 Å². The summed E-state index contributed by atoms with van der Waals surface area (Å²) in [4.78, 5) is 122. The monoisotopic (exact) mass is 1940 g/mol. The van der Waals surface area contributed by atoms with Crippen LogP contribution in [0.5, 0.6) is 23.0 Å². The summed E-state index contributed by atoms with van der Waals surface area (Å²) in [6.07, 6.45) is 3.31. The van der Waals surface area contributed by atoms with E-state index in [0.717, 1.165) is 11.1 Å². The molecule has 121 heavy (non-hydrogen) atoms. The van der Waals surface area contributed by atoms with Crippen molar-refractivity contribution >= 4 is 97.9 Å². The largest absolute Gasteiger partial charge is 0.497 e. The Hall–Kier alpha value is -9.36. The summed E-state index contributed by atoms with van der Waals surface area (Å²) in [5, 5.41) is 27.3. The van der Waals surface area contributed by atoms with E-state index in [1.807, 2.05) is 91.0 Å². The van der Waals surface area contributed by atoms with Crippen molar-refractivity contribution in [3.8, 4) is 45.5 Å². The maximum absolute atomic E-state index is 14.6. The number of nitrogens with one attached hydrogen (secondary N) is 5. The number of sulfonamides is 2. The number of aromatic nitrogens is 2. The van der Waals surface area contributed by atoms with Gasteiger partial charge in [-0.3, -0.25) is 28.7 Å². The van der Waals surface area contributed by atoms with E-state index in [-0.39, 0.29) is 88.8 Å². The number of methoxy groups -OCH3 is 4. The van der Waals surface area contributed by atoms with Crippen molar-refractivity contribution in [3.05, 3.63) is 135 Å². The van der Waals surface area contributed by atoms with E-state index in [1.54, 1.807) is 109 Å². The van der Waals surface area contributed by atoms with Gasteiger partial charge >= 0.3 is 18.2 Å². The minimum absolute atomic E-state index is 0. The number of alkyl carbamates (subject to hydrolysis) is 2. The summed E-state index contributed by atoms with van der Waals surface area (Å²) >= 11 is 0. The van der Waals surface area contributed by atoms with Gasteiger partial charge in [-0.2, -0.15) is 0 Å². The van der Waals surface area contributed by atoms with Crippen LogP contribution in [-0.4, -0.2) is 222 Å². The number of carboxylic acid groups (broad SMARTS) is 1. The number of benzene rings is 4. The molecule has 0 unspecified atom stereocenters. The number of ether oxygens (including phenoxy) is 8. The Morgan fingerprint density at radius 2 is 0.975 bits per heavy atom. The summed E-state index contributed by atoms with van der Waals surface area (Å²) in [6.45, 7) is 25.5. The van der Waals surface area contributed by atoms with E-state index in [0.29, 0.717) is 94.9 Å². The normalized spacial score (nSPS) is 22.0. The van der Waals surface area contributed by atoms with Gasteiger partial charge in [-0.15, -0.1) is 13.2 Å². The van der Waals surface area contributed by atoms with Crippen LogP contribution in [0.2, 0.25) is 0 Å². The number of aliphatic carboxylic acids is 1. The second-order valence-corrected chi connectivity index (χ2v) is 37.9. The number of likely N-dealkylation sites (tertiary alicyclic amines) is 2. The zero-order chi connectivity index (χ0) is 89.1. The van der Waals surface area contributed by atoms with Gasteiger partial charge in [-0.05, 0) is 130 Å². The van der Waals surface area contributed by atoms with Crippen LogP contribution < -0.4 is 50.1 Å². The van der Waals surface area contributed by atoms with Crippen LogP contribution in [0, 0.1) is 54.8 Å². The average Bonchev–Trinajstić information content (AvgIpc) is 1.57. The molecule has 6 aromatic rings. The van der Waals surface area contributed by atoms with E-state index in [1.165, 1.54) is 29.1 Å². The number of primary sulfonamides is 1. The van der Waals surface area contributed by atoms with Gasteiger partial charge in [0.05, 0.1) is 59.2 Å². The Kier molecular flexibility index (Phi) is 31.1. The molecule has 2 aromatic heterocycles. The number of amides is 7. The van der Waals surface area contributed by atoms with E-state index in [4.69, 9.17) is 54.3 Å².